The Morgan fingerprint density at radius 3 is 2.50 bits per heavy atom. The first-order valence-corrected chi connectivity index (χ1v) is 10.1. The number of nitro groups is 1. The van der Waals surface area contributed by atoms with Crippen LogP contribution in [0.4, 0.5) is 5.69 Å². The third kappa shape index (κ3) is 4.26. The van der Waals surface area contributed by atoms with Gasteiger partial charge in [-0.1, -0.05) is 12.1 Å². The Morgan fingerprint density at radius 2 is 1.89 bits per heavy atom. The van der Waals surface area contributed by atoms with Crippen molar-refractivity contribution in [3.05, 3.63) is 81.7 Å². The second-order valence-corrected chi connectivity index (χ2v) is 8.14. The van der Waals surface area contributed by atoms with Crippen molar-refractivity contribution in [3.63, 3.8) is 0 Å². The van der Waals surface area contributed by atoms with Crippen LogP contribution in [0.1, 0.15) is 16.7 Å². The smallest absolute Gasteiger partial charge is 0.258 e. The summed E-state index contributed by atoms with van der Waals surface area (Å²) in [5, 5.41) is 15.2. The van der Waals surface area contributed by atoms with Crippen LogP contribution in [0, 0.1) is 24.0 Å². The molecule has 8 nitrogen and oxygen atoms in total. The van der Waals surface area contributed by atoms with Crippen LogP contribution in [-0.2, 0) is 16.4 Å². The Balaban J connectivity index is 1.70. The van der Waals surface area contributed by atoms with Crippen LogP contribution in [0.25, 0.3) is 5.69 Å². The molecular weight excluding hydrogens is 380 g/mol. The minimum atomic E-state index is -3.85. The molecule has 0 aliphatic heterocycles. The predicted octanol–water partition coefficient (Wildman–Crippen LogP) is 2.92. The average Bonchev–Trinajstić information content (AvgIpc) is 3.18. The van der Waals surface area contributed by atoms with E-state index in [0.29, 0.717) is 17.5 Å². The van der Waals surface area contributed by atoms with Gasteiger partial charge in [0.2, 0.25) is 10.0 Å². The maximum absolute atomic E-state index is 12.6. The van der Waals surface area contributed by atoms with E-state index in [-0.39, 0.29) is 17.1 Å². The summed E-state index contributed by atoms with van der Waals surface area (Å²) in [5.41, 5.74) is 2.70. The van der Waals surface area contributed by atoms with Gasteiger partial charge in [-0.2, -0.15) is 5.10 Å². The number of sulfonamides is 1. The quantitative estimate of drug-likeness (QED) is 0.485. The molecule has 0 aliphatic rings. The Labute approximate surface area is 163 Å². The number of nitrogens with zero attached hydrogens (tertiary/aromatic N) is 3. The normalized spacial score (nSPS) is 11.5. The van der Waals surface area contributed by atoms with Crippen LogP contribution in [-0.4, -0.2) is 29.7 Å². The van der Waals surface area contributed by atoms with E-state index in [0.717, 1.165) is 17.3 Å². The number of rotatable bonds is 7. The van der Waals surface area contributed by atoms with Gasteiger partial charge >= 0.3 is 0 Å². The van der Waals surface area contributed by atoms with E-state index < -0.39 is 14.9 Å². The highest BCUT2D eigenvalue weighted by Crippen LogP contribution is 2.25. The Morgan fingerprint density at radius 1 is 1.18 bits per heavy atom. The average molecular weight is 400 g/mol. The molecule has 0 aliphatic carbocycles. The fourth-order valence-corrected chi connectivity index (χ4v) is 4.20. The molecule has 2 aromatic carbocycles. The zero-order valence-corrected chi connectivity index (χ0v) is 16.3. The first-order valence-electron chi connectivity index (χ1n) is 8.62. The van der Waals surface area contributed by atoms with Crippen molar-refractivity contribution in [3.8, 4) is 5.69 Å². The number of hydrogen-bond acceptors (Lipinski definition) is 5. The molecule has 0 spiro atoms. The molecule has 9 heteroatoms. The minimum absolute atomic E-state index is 0.0618. The summed E-state index contributed by atoms with van der Waals surface area (Å²) in [6.07, 6.45) is 4.03. The van der Waals surface area contributed by atoms with Gasteiger partial charge in [0.25, 0.3) is 5.69 Å². The van der Waals surface area contributed by atoms with Crippen LogP contribution in [0.2, 0.25) is 0 Å². The van der Waals surface area contributed by atoms with Crippen molar-refractivity contribution in [2.75, 3.05) is 6.54 Å². The van der Waals surface area contributed by atoms with Gasteiger partial charge in [0, 0.05) is 31.1 Å². The zero-order valence-electron chi connectivity index (χ0n) is 15.5. The highest BCUT2D eigenvalue weighted by Gasteiger charge is 2.22. The van der Waals surface area contributed by atoms with Crippen molar-refractivity contribution in [1.82, 2.24) is 14.5 Å². The molecular formula is C19H20N4O4S. The van der Waals surface area contributed by atoms with Crippen LogP contribution in [0.3, 0.4) is 0 Å². The van der Waals surface area contributed by atoms with Crippen molar-refractivity contribution >= 4 is 15.7 Å². The topological polar surface area (TPSA) is 107 Å². The summed E-state index contributed by atoms with van der Waals surface area (Å²) in [5.74, 6) is 0. The van der Waals surface area contributed by atoms with E-state index in [2.05, 4.69) is 9.82 Å². The van der Waals surface area contributed by atoms with E-state index in [1.807, 2.05) is 36.5 Å². The predicted molar refractivity (Wildman–Crippen MR) is 105 cm³/mol. The highest BCUT2D eigenvalue weighted by atomic mass is 32.2. The Hall–Kier alpha value is -3.04. The number of aryl methyl sites for hydroxylation is 1. The molecule has 3 rings (SSSR count). The van der Waals surface area contributed by atoms with Crippen molar-refractivity contribution < 1.29 is 13.3 Å². The second kappa shape index (κ2) is 7.91. The van der Waals surface area contributed by atoms with Crippen molar-refractivity contribution in [2.24, 2.45) is 0 Å². The third-order valence-corrected chi connectivity index (χ3v) is 6.10. The lowest BCUT2D eigenvalue weighted by atomic mass is 10.1. The molecule has 3 aromatic rings. The Kier molecular flexibility index (Phi) is 5.57. The number of hydrogen-bond donors (Lipinski definition) is 1. The molecule has 1 N–H and O–H groups in total. The molecule has 1 heterocycles. The van der Waals surface area contributed by atoms with Gasteiger partial charge in [-0.15, -0.1) is 0 Å². The fourth-order valence-electron chi connectivity index (χ4n) is 2.84. The number of non-ortho nitro benzene ring substituents is 1. The van der Waals surface area contributed by atoms with Gasteiger partial charge in [0.05, 0.1) is 15.5 Å². The summed E-state index contributed by atoms with van der Waals surface area (Å²) in [6, 6.07) is 11.9. The summed E-state index contributed by atoms with van der Waals surface area (Å²) >= 11 is 0. The molecule has 0 unspecified atom stereocenters. The molecule has 1 aromatic heterocycles. The summed E-state index contributed by atoms with van der Waals surface area (Å²) in [7, 11) is -3.85. The molecule has 146 valence electrons. The van der Waals surface area contributed by atoms with E-state index in [9.17, 15) is 18.5 Å². The molecule has 0 saturated heterocycles. The van der Waals surface area contributed by atoms with Gasteiger partial charge in [0.15, 0.2) is 0 Å². The summed E-state index contributed by atoms with van der Waals surface area (Å²) < 4.78 is 29.5. The van der Waals surface area contributed by atoms with Gasteiger partial charge in [0.1, 0.15) is 0 Å². The van der Waals surface area contributed by atoms with Gasteiger partial charge in [-0.05, 0) is 55.2 Å². The van der Waals surface area contributed by atoms with Gasteiger partial charge < -0.3 is 0 Å². The standard InChI is InChI=1S/C19H20N4O4S/c1-14-12-18(23(24)25)13-19(15(14)2)28(26,27)21-10-8-16-4-6-17(7-5-16)22-11-3-9-20-22/h3-7,9,11-13,21H,8,10H2,1-2H3. The van der Waals surface area contributed by atoms with Crippen molar-refractivity contribution in [1.29, 1.82) is 0 Å². The van der Waals surface area contributed by atoms with E-state index in [1.54, 1.807) is 24.7 Å². The SMILES string of the molecule is Cc1cc([N+](=O)[O-])cc(S(=O)(=O)NCCc2ccc(-n3cccn3)cc2)c1C. The molecule has 0 fully saturated rings. The monoisotopic (exact) mass is 400 g/mol. The first-order chi connectivity index (χ1) is 13.3. The number of benzene rings is 2. The maximum Gasteiger partial charge on any atom is 0.271 e. The minimum Gasteiger partial charge on any atom is -0.258 e. The largest absolute Gasteiger partial charge is 0.271 e. The zero-order chi connectivity index (χ0) is 20.3. The Bertz CT molecular complexity index is 1090. The molecule has 0 bridgehead atoms. The number of aromatic nitrogens is 2. The van der Waals surface area contributed by atoms with Gasteiger partial charge in [-0.25, -0.2) is 17.8 Å². The number of nitrogens with one attached hydrogen (secondary N) is 1. The van der Waals surface area contributed by atoms with Crippen LogP contribution in [0.15, 0.2) is 59.8 Å². The lowest BCUT2D eigenvalue weighted by Gasteiger charge is -2.11. The van der Waals surface area contributed by atoms with Crippen LogP contribution >= 0.6 is 0 Å². The lowest BCUT2D eigenvalue weighted by molar-refractivity contribution is -0.385. The molecule has 0 saturated carbocycles. The van der Waals surface area contributed by atoms with E-state index in [4.69, 9.17) is 0 Å². The van der Waals surface area contributed by atoms with E-state index in [1.165, 1.54) is 6.07 Å². The van der Waals surface area contributed by atoms with Gasteiger partial charge in [-0.3, -0.25) is 10.1 Å². The first kappa shape index (κ1) is 19.7. The molecule has 0 radical (unpaired) electrons. The van der Waals surface area contributed by atoms with Crippen LogP contribution in [0.5, 0.6) is 0 Å². The lowest BCUT2D eigenvalue weighted by Crippen LogP contribution is -2.27. The van der Waals surface area contributed by atoms with E-state index >= 15 is 0 Å². The van der Waals surface area contributed by atoms with Crippen molar-refractivity contribution in [2.45, 2.75) is 25.2 Å². The third-order valence-electron chi connectivity index (χ3n) is 4.52. The summed E-state index contributed by atoms with van der Waals surface area (Å²) in [4.78, 5) is 10.4. The molecule has 28 heavy (non-hydrogen) atoms. The molecule has 0 amide bonds. The molecule has 0 atom stereocenters. The van der Waals surface area contributed by atoms with Crippen LogP contribution < -0.4 is 4.72 Å². The maximum atomic E-state index is 12.6. The summed E-state index contributed by atoms with van der Waals surface area (Å²) in [6.45, 7) is 3.48. The fraction of sp³-hybridized carbons (Fsp3) is 0.211. The highest BCUT2D eigenvalue weighted by molar-refractivity contribution is 7.89. The second-order valence-electron chi connectivity index (χ2n) is 6.41. The number of nitro benzene ring substituents is 1.